The minimum absolute atomic E-state index is 0.00118. The molecule has 0 aliphatic carbocycles. The maximum absolute atomic E-state index is 13.5. The summed E-state index contributed by atoms with van der Waals surface area (Å²) in [7, 11) is 0. The number of carboxylic acids is 1. The van der Waals surface area contributed by atoms with E-state index in [4.69, 9.17) is 4.74 Å². The van der Waals surface area contributed by atoms with Gasteiger partial charge in [-0.3, -0.25) is 0 Å². The molecule has 0 aromatic heterocycles. The molecule has 3 aromatic carbocycles. The first-order chi connectivity index (χ1) is 12.5. The van der Waals surface area contributed by atoms with E-state index in [9.17, 15) is 14.3 Å². The van der Waals surface area contributed by atoms with Crippen molar-refractivity contribution in [1.29, 1.82) is 0 Å². The summed E-state index contributed by atoms with van der Waals surface area (Å²) in [6.45, 7) is 2.35. The molecule has 3 rings (SSSR count). The SMILES string of the molecule is Cc1ccc(Nc2cc(F)ccc2C(=O)O)cc1OCc1ccccc1. The smallest absolute Gasteiger partial charge is 0.337 e. The Labute approximate surface area is 150 Å². The van der Waals surface area contributed by atoms with Crippen LogP contribution in [0.15, 0.2) is 66.7 Å². The number of carbonyl (C=O) groups is 1. The normalized spacial score (nSPS) is 10.4. The second-order valence-electron chi connectivity index (χ2n) is 5.87. The molecule has 0 heterocycles. The van der Waals surface area contributed by atoms with Gasteiger partial charge in [0.1, 0.15) is 18.2 Å². The molecular weight excluding hydrogens is 333 g/mol. The third-order valence-electron chi connectivity index (χ3n) is 3.92. The Balaban J connectivity index is 1.82. The van der Waals surface area contributed by atoms with Gasteiger partial charge in [0.2, 0.25) is 0 Å². The number of aryl methyl sites for hydroxylation is 1. The Morgan fingerprint density at radius 3 is 2.58 bits per heavy atom. The molecule has 4 nitrogen and oxygen atoms in total. The zero-order chi connectivity index (χ0) is 18.5. The topological polar surface area (TPSA) is 58.6 Å². The van der Waals surface area contributed by atoms with Crippen LogP contribution in [0.4, 0.5) is 15.8 Å². The van der Waals surface area contributed by atoms with Gasteiger partial charge in [0.25, 0.3) is 0 Å². The van der Waals surface area contributed by atoms with Crippen molar-refractivity contribution in [1.82, 2.24) is 0 Å². The molecule has 0 unspecified atom stereocenters. The van der Waals surface area contributed by atoms with Crippen LogP contribution in [-0.4, -0.2) is 11.1 Å². The highest BCUT2D eigenvalue weighted by Gasteiger charge is 2.12. The number of hydrogen-bond donors (Lipinski definition) is 2. The highest BCUT2D eigenvalue weighted by molar-refractivity contribution is 5.95. The lowest BCUT2D eigenvalue weighted by molar-refractivity contribution is 0.0698. The Kier molecular flexibility index (Phi) is 5.17. The van der Waals surface area contributed by atoms with E-state index >= 15 is 0 Å². The lowest BCUT2D eigenvalue weighted by Crippen LogP contribution is -2.04. The van der Waals surface area contributed by atoms with E-state index in [1.54, 1.807) is 12.1 Å². The van der Waals surface area contributed by atoms with Gasteiger partial charge in [-0.05, 0) is 42.3 Å². The van der Waals surface area contributed by atoms with Crippen LogP contribution >= 0.6 is 0 Å². The van der Waals surface area contributed by atoms with Crippen molar-refractivity contribution in [2.75, 3.05) is 5.32 Å². The Hall–Kier alpha value is -3.34. The van der Waals surface area contributed by atoms with Gasteiger partial charge in [0, 0.05) is 11.8 Å². The van der Waals surface area contributed by atoms with Crippen molar-refractivity contribution in [2.24, 2.45) is 0 Å². The molecule has 0 bridgehead atoms. The summed E-state index contributed by atoms with van der Waals surface area (Å²) < 4.78 is 19.4. The monoisotopic (exact) mass is 351 g/mol. The van der Waals surface area contributed by atoms with E-state index in [0.717, 1.165) is 23.3 Å². The fourth-order valence-corrected chi connectivity index (χ4v) is 2.53. The van der Waals surface area contributed by atoms with Crippen molar-refractivity contribution >= 4 is 17.3 Å². The van der Waals surface area contributed by atoms with E-state index in [1.807, 2.05) is 43.3 Å². The molecule has 0 atom stereocenters. The predicted octanol–water partition coefficient (Wildman–Crippen LogP) is 5.15. The number of anilines is 2. The quantitative estimate of drug-likeness (QED) is 0.644. The van der Waals surface area contributed by atoms with Gasteiger partial charge < -0.3 is 15.2 Å². The molecule has 0 amide bonds. The van der Waals surface area contributed by atoms with Crippen molar-refractivity contribution in [3.05, 3.63) is 89.2 Å². The zero-order valence-electron chi connectivity index (χ0n) is 14.2. The van der Waals surface area contributed by atoms with E-state index < -0.39 is 11.8 Å². The second-order valence-corrected chi connectivity index (χ2v) is 5.87. The van der Waals surface area contributed by atoms with Crippen LogP contribution < -0.4 is 10.1 Å². The van der Waals surface area contributed by atoms with Crippen LogP contribution in [0.3, 0.4) is 0 Å². The number of hydrogen-bond acceptors (Lipinski definition) is 3. The van der Waals surface area contributed by atoms with Gasteiger partial charge in [0.15, 0.2) is 0 Å². The minimum atomic E-state index is -1.12. The third-order valence-corrected chi connectivity index (χ3v) is 3.92. The summed E-state index contributed by atoms with van der Waals surface area (Å²) in [4.78, 5) is 11.3. The summed E-state index contributed by atoms with van der Waals surface area (Å²) in [5.41, 5.74) is 2.80. The molecule has 0 fully saturated rings. The lowest BCUT2D eigenvalue weighted by atomic mass is 10.1. The minimum Gasteiger partial charge on any atom is -0.489 e. The highest BCUT2D eigenvalue weighted by atomic mass is 19.1. The average Bonchev–Trinajstić information content (AvgIpc) is 2.63. The fraction of sp³-hybridized carbons (Fsp3) is 0.0952. The largest absolute Gasteiger partial charge is 0.489 e. The van der Waals surface area contributed by atoms with Crippen LogP contribution in [0.2, 0.25) is 0 Å². The molecule has 0 saturated heterocycles. The zero-order valence-corrected chi connectivity index (χ0v) is 14.2. The van der Waals surface area contributed by atoms with Gasteiger partial charge in [-0.25, -0.2) is 9.18 Å². The Morgan fingerprint density at radius 2 is 1.85 bits per heavy atom. The Bertz CT molecular complexity index is 926. The van der Waals surface area contributed by atoms with Gasteiger partial charge in [-0.2, -0.15) is 0 Å². The molecule has 0 radical (unpaired) electrons. The molecule has 132 valence electrons. The van der Waals surface area contributed by atoms with Crippen LogP contribution in [0.25, 0.3) is 0 Å². The summed E-state index contributed by atoms with van der Waals surface area (Å²) in [6.07, 6.45) is 0. The number of aromatic carboxylic acids is 1. The number of halogens is 1. The first-order valence-electron chi connectivity index (χ1n) is 8.10. The first kappa shape index (κ1) is 17.5. The first-order valence-corrected chi connectivity index (χ1v) is 8.10. The number of rotatable bonds is 6. The molecule has 2 N–H and O–H groups in total. The van der Waals surface area contributed by atoms with Crippen molar-refractivity contribution in [3.8, 4) is 5.75 Å². The predicted molar refractivity (Wildman–Crippen MR) is 98.6 cm³/mol. The van der Waals surface area contributed by atoms with Gasteiger partial charge in [-0.1, -0.05) is 36.4 Å². The highest BCUT2D eigenvalue weighted by Crippen LogP contribution is 2.28. The van der Waals surface area contributed by atoms with Gasteiger partial charge >= 0.3 is 5.97 Å². The van der Waals surface area contributed by atoms with Gasteiger partial charge in [-0.15, -0.1) is 0 Å². The summed E-state index contributed by atoms with van der Waals surface area (Å²) in [5.74, 6) is -0.961. The Morgan fingerprint density at radius 1 is 1.08 bits per heavy atom. The summed E-state index contributed by atoms with van der Waals surface area (Å²) >= 11 is 0. The van der Waals surface area contributed by atoms with E-state index in [-0.39, 0.29) is 11.3 Å². The molecule has 0 spiro atoms. The molecule has 0 saturated carbocycles. The number of nitrogens with one attached hydrogen (secondary N) is 1. The number of benzene rings is 3. The number of ether oxygens (including phenoxy) is 1. The van der Waals surface area contributed by atoms with Crippen molar-refractivity contribution in [2.45, 2.75) is 13.5 Å². The molecular formula is C21H18FNO3. The summed E-state index contributed by atoms with van der Waals surface area (Å²) in [6, 6.07) is 18.7. The van der Waals surface area contributed by atoms with Crippen LogP contribution in [0.1, 0.15) is 21.5 Å². The average molecular weight is 351 g/mol. The van der Waals surface area contributed by atoms with E-state index in [2.05, 4.69) is 5.32 Å². The molecule has 26 heavy (non-hydrogen) atoms. The van der Waals surface area contributed by atoms with Crippen molar-refractivity contribution in [3.63, 3.8) is 0 Å². The third kappa shape index (κ3) is 4.19. The standard InChI is InChI=1S/C21H18FNO3/c1-14-7-9-17(12-20(14)26-13-15-5-3-2-4-6-15)23-19-11-16(22)8-10-18(19)21(24)25/h2-12,23H,13H2,1H3,(H,24,25). The molecule has 5 heteroatoms. The lowest BCUT2D eigenvalue weighted by Gasteiger charge is -2.14. The van der Waals surface area contributed by atoms with E-state index in [1.165, 1.54) is 6.07 Å². The van der Waals surface area contributed by atoms with Gasteiger partial charge in [0.05, 0.1) is 11.3 Å². The second kappa shape index (κ2) is 7.70. The van der Waals surface area contributed by atoms with Crippen LogP contribution in [0.5, 0.6) is 5.75 Å². The molecule has 3 aromatic rings. The van der Waals surface area contributed by atoms with Crippen LogP contribution in [0, 0.1) is 12.7 Å². The maximum atomic E-state index is 13.5. The van der Waals surface area contributed by atoms with Crippen LogP contribution in [-0.2, 0) is 6.61 Å². The summed E-state index contributed by atoms with van der Waals surface area (Å²) in [5, 5.41) is 12.2. The fourth-order valence-electron chi connectivity index (χ4n) is 2.53. The number of carboxylic acid groups (broad SMARTS) is 1. The van der Waals surface area contributed by atoms with E-state index in [0.29, 0.717) is 18.0 Å². The maximum Gasteiger partial charge on any atom is 0.337 e. The molecule has 0 aliphatic heterocycles. The van der Waals surface area contributed by atoms with Crippen molar-refractivity contribution < 1.29 is 19.0 Å². The molecule has 0 aliphatic rings.